The molecule has 0 atom stereocenters. The third kappa shape index (κ3) is 5.30. The van der Waals surface area contributed by atoms with Crippen LogP contribution in [-0.4, -0.2) is 8.07 Å². The lowest BCUT2D eigenvalue weighted by molar-refractivity contribution is 1.30. The third-order valence-electron chi connectivity index (χ3n) is 4.63. The van der Waals surface area contributed by atoms with E-state index in [1.54, 1.807) is 0 Å². The van der Waals surface area contributed by atoms with Crippen molar-refractivity contribution >= 4 is 14.1 Å². The minimum Gasteiger partial charge on any atom is -0.103 e. The van der Waals surface area contributed by atoms with Crippen LogP contribution >= 0.6 is 0 Å². The molecule has 0 saturated carbocycles. The number of hydrogen-bond acceptors (Lipinski definition) is 0. The molecule has 0 heterocycles. The second-order valence-electron chi connectivity index (χ2n) is 6.54. The SMILES string of the molecule is C=CC[Si](CC=C)(CC=C)CC=Cc1ccccc1-c1ccccc1. The van der Waals surface area contributed by atoms with Crippen LogP contribution in [0.2, 0.25) is 24.2 Å². The minimum absolute atomic E-state index is 1.11. The molecule has 0 aliphatic rings. The van der Waals surface area contributed by atoms with Gasteiger partial charge in [-0.3, -0.25) is 0 Å². The summed E-state index contributed by atoms with van der Waals surface area (Å²) in [5.41, 5.74) is 3.81. The predicted octanol–water partition coefficient (Wildman–Crippen LogP) is 7.37. The summed E-state index contributed by atoms with van der Waals surface area (Å²) >= 11 is 0. The molecule has 2 aromatic carbocycles. The van der Waals surface area contributed by atoms with Gasteiger partial charge in [0.15, 0.2) is 0 Å². The van der Waals surface area contributed by atoms with Crippen molar-refractivity contribution in [2.24, 2.45) is 0 Å². The average Bonchev–Trinajstić information content (AvgIpc) is 2.64. The van der Waals surface area contributed by atoms with E-state index in [2.05, 4.69) is 105 Å². The Labute approximate surface area is 153 Å². The summed E-state index contributed by atoms with van der Waals surface area (Å²) in [7, 11) is -1.49. The summed E-state index contributed by atoms with van der Waals surface area (Å²) in [6, 6.07) is 23.6. The zero-order valence-electron chi connectivity index (χ0n) is 15.0. The molecule has 0 spiro atoms. The zero-order valence-corrected chi connectivity index (χ0v) is 16.0. The molecule has 2 aromatic rings. The first-order chi connectivity index (χ1) is 12.2. The highest BCUT2D eigenvalue weighted by Gasteiger charge is 2.27. The van der Waals surface area contributed by atoms with Crippen molar-refractivity contribution in [3.63, 3.8) is 0 Å². The summed E-state index contributed by atoms with van der Waals surface area (Å²) in [5.74, 6) is 0. The van der Waals surface area contributed by atoms with E-state index in [1.165, 1.54) is 16.7 Å². The molecule has 25 heavy (non-hydrogen) atoms. The van der Waals surface area contributed by atoms with Gasteiger partial charge in [-0.05, 0) is 40.9 Å². The van der Waals surface area contributed by atoms with Gasteiger partial charge in [0.2, 0.25) is 0 Å². The summed E-state index contributed by atoms with van der Waals surface area (Å²) < 4.78 is 0. The first-order valence-corrected chi connectivity index (χ1v) is 11.7. The van der Waals surface area contributed by atoms with Gasteiger partial charge in [-0.25, -0.2) is 0 Å². The normalized spacial score (nSPS) is 11.4. The van der Waals surface area contributed by atoms with Gasteiger partial charge >= 0.3 is 0 Å². The molecule has 2 rings (SSSR count). The van der Waals surface area contributed by atoms with E-state index >= 15 is 0 Å². The monoisotopic (exact) mass is 344 g/mol. The van der Waals surface area contributed by atoms with Crippen LogP contribution in [0, 0.1) is 0 Å². The van der Waals surface area contributed by atoms with Crippen LogP contribution in [0.15, 0.2) is 98.6 Å². The molecular formula is C24H28Si. The van der Waals surface area contributed by atoms with E-state index in [-0.39, 0.29) is 0 Å². The van der Waals surface area contributed by atoms with E-state index in [0.717, 1.165) is 24.2 Å². The van der Waals surface area contributed by atoms with Gasteiger partial charge in [-0.2, -0.15) is 0 Å². The van der Waals surface area contributed by atoms with E-state index in [4.69, 9.17) is 0 Å². The first-order valence-electron chi connectivity index (χ1n) is 8.88. The van der Waals surface area contributed by atoms with Crippen molar-refractivity contribution in [3.8, 4) is 11.1 Å². The van der Waals surface area contributed by atoms with Gasteiger partial charge < -0.3 is 0 Å². The highest BCUT2D eigenvalue weighted by molar-refractivity contribution is 6.81. The fourth-order valence-electron chi connectivity index (χ4n) is 3.38. The Morgan fingerprint density at radius 1 is 0.680 bits per heavy atom. The van der Waals surface area contributed by atoms with Crippen LogP contribution in [0.3, 0.4) is 0 Å². The predicted molar refractivity (Wildman–Crippen MR) is 116 cm³/mol. The quantitative estimate of drug-likeness (QED) is 0.312. The van der Waals surface area contributed by atoms with Crippen molar-refractivity contribution < 1.29 is 0 Å². The maximum Gasteiger partial charge on any atom is 0.0685 e. The molecule has 128 valence electrons. The van der Waals surface area contributed by atoms with Crippen LogP contribution < -0.4 is 0 Å². The van der Waals surface area contributed by atoms with Crippen LogP contribution in [0.25, 0.3) is 17.2 Å². The van der Waals surface area contributed by atoms with Crippen LogP contribution in [-0.2, 0) is 0 Å². The van der Waals surface area contributed by atoms with Crippen molar-refractivity contribution in [1.82, 2.24) is 0 Å². The molecule has 1 heteroatoms. The second-order valence-corrected chi connectivity index (χ2v) is 11.2. The highest BCUT2D eigenvalue weighted by atomic mass is 28.3. The van der Waals surface area contributed by atoms with Gasteiger partial charge in [0.25, 0.3) is 0 Å². The Kier molecular flexibility index (Phi) is 7.43. The molecular weight excluding hydrogens is 316 g/mol. The maximum absolute atomic E-state index is 3.97. The minimum atomic E-state index is -1.49. The summed E-state index contributed by atoms with van der Waals surface area (Å²) in [6.45, 7) is 11.9. The fourth-order valence-corrected chi connectivity index (χ4v) is 6.83. The van der Waals surface area contributed by atoms with Gasteiger partial charge in [0.05, 0.1) is 8.07 Å². The Bertz CT molecular complexity index is 698. The summed E-state index contributed by atoms with van der Waals surface area (Å²) in [5, 5.41) is 0. The van der Waals surface area contributed by atoms with Crippen molar-refractivity contribution in [2.75, 3.05) is 0 Å². The molecule has 0 aliphatic carbocycles. The van der Waals surface area contributed by atoms with Crippen LogP contribution in [0.1, 0.15) is 5.56 Å². The van der Waals surface area contributed by atoms with E-state index < -0.39 is 8.07 Å². The molecule has 0 aliphatic heterocycles. The van der Waals surface area contributed by atoms with Crippen molar-refractivity contribution in [3.05, 3.63) is 104 Å². The fraction of sp³-hybridized carbons (Fsp3) is 0.167. The number of rotatable bonds is 10. The molecule has 0 N–H and O–H groups in total. The Hall–Kier alpha value is -2.38. The Balaban J connectivity index is 2.25. The van der Waals surface area contributed by atoms with Gasteiger partial charge in [0.1, 0.15) is 0 Å². The molecule has 0 nitrogen and oxygen atoms in total. The number of benzene rings is 2. The third-order valence-corrected chi connectivity index (χ3v) is 9.19. The number of allylic oxidation sites excluding steroid dienone is 4. The lowest BCUT2D eigenvalue weighted by Gasteiger charge is -2.27. The first kappa shape index (κ1) is 18.9. The molecule has 0 radical (unpaired) electrons. The zero-order chi connectivity index (χ0) is 18.0. The van der Waals surface area contributed by atoms with Crippen molar-refractivity contribution in [1.29, 1.82) is 0 Å². The van der Waals surface area contributed by atoms with E-state index in [0.29, 0.717) is 0 Å². The average molecular weight is 345 g/mol. The smallest absolute Gasteiger partial charge is 0.0685 e. The standard InChI is InChI=1S/C24H28Si/c1-4-18-25(19-5-2,20-6-3)21-12-16-23-15-10-11-17-24(23)22-13-8-7-9-14-22/h4-17H,1-3,18-21H2. The largest absolute Gasteiger partial charge is 0.103 e. The molecule has 0 bridgehead atoms. The highest BCUT2D eigenvalue weighted by Crippen LogP contribution is 2.29. The maximum atomic E-state index is 3.97. The van der Waals surface area contributed by atoms with Gasteiger partial charge in [-0.1, -0.05) is 85.0 Å². The van der Waals surface area contributed by atoms with Crippen LogP contribution in [0.4, 0.5) is 0 Å². The van der Waals surface area contributed by atoms with Gasteiger partial charge in [-0.15, -0.1) is 19.7 Å². The van der Waals surface area contributed by atoms with Crippen molar-refractivity contribution in [2.45, 2.75) is 24.2 Å². The van der Waals surface area contributed by atoms with Gasteiger partial charge in [0, 0.05) is 0 Å². The van der Waals surface area contributed by atoms with E-state index in [1.807, 2.05) is 0 Å². The summed E-state index contributed by atoms with van der Waals surface area (Å²) in [6.07, 6.45) is 10.9. The van der Waals surface area contributed by atoms with Crippen LogP contribution in [0.5, 0.6) is 0 Å². The second kappa shape index (κ2) is 9.80. The topological polar surface area (TPSA) is 0 Å². The Morgan fingerprint density at radius 3 is 1.84 bits per heavy atom. The molecule has 0 aromatic heterocycles. The van der Waals surface area contributed by atoms with E-state index in [9.17, 15) is 0 Å². The summed E-state index contributed by atoms with van der Waals surface area (Å²) in [4.78, 5) is 0. The number of hydrogen-bond donors (Lipinski definition) is 0. The molecule has 0 unspecified atom stereocenters. The molecule has 0 amide bonds. The Morgan fingerprint density at radius 2 is 1.24 bits per heavy atom. The molecule has 0 saturated heterocycles. The lowest BCUT2D eigenvalue weighted by Crippen LogP contribution is -2.31. The molecule has 0 fully saturated rings. The lowest BCUT2D eigenvalue weighted by atomic mass is 9.99.